The highest BCUT2D eigenvalue weighted by Crippen LogP contribution is 2.29. The van der Waals surface area contributed by atoms with Crippen LogP contribution in [0.25, 0.3) is 0 Å². The number of carbonyl (C=O) groups is 1. The van der Waals surface area contributed by atoms with Gasteiger partial charge in [-0.25, -0.2) is 0 Å². The van der Waals surface area contributed by atoms with Crippen LogP contribution in [0.2, 0.25) is 0 Å². The van der Waals surface area contributed by atoms with Crippen LogP contribution in [0.5, 0.6) is 5.75 Å². The maximum Gasteiger partial charge on any atom is 0.308 e. The Morgan fingerprint density at radius 1 is 1.05 bits per heavy atom. The number of hydrogen-bond donors (Lipinski definition) is 0. The minimum atomic E-state index is -0.326. The van der Waals surface area contributed by atoms with Crippen molar-refractivity contribution in [3.63, 3.8) is 0 Å². The lowest BCUT2D eigenvalue weighted by Crippen LogP contribution is -2.00. The van der Waals surface area contributed by atoms with Gasteiger partial charge in [-0.15, -0.1) is 0 Å². The van der Waals surface area contributed by atoms with E-state index in [0.717, 1.165) is 9.79 Å². The number of hydrogen-bond acceptors (Lipinski definition) is 4. The van der Waals surface area contributed by atoms with Crippen molar-refractivity contribution in [1.82, 2.24) is 0 Å². The maximum absolute atomic E-state index is 10.8. The topological polar surface area (TPSA) is 50.1 Å². The van der Waals surface area contributed by atoms with Gasteiger partial charge in [0.2, 0.25) is 0 Å². The number of carbonyl (C=O) groups excluding carboxylic acids is 1. The Morgan fingerprint density at radius 3 is 2.05 bits per heavy atom. The van der Waals surface area contributed by atoms with E-state index in [9.17, 15) is 4.79 Å². The molecule has 2 aromatic rings. The average molecular weight is 269 g/mol. The molecule has 94 valence electrons. The summed E-state index contributed by atoms with van der Waals surface area (Å²) in [6, 6.07) is 16.8. The minimum Gasteiger partial charge on any atom is -0.427 e. The van der Waals surface area contributed by atoms with E-state index in [0.29, 0.717) is 11.3 Å². The van der Waals surface area contributed by atoms with E-state index in [4.69, 9.17) is 10.00 Å². The van der Waals surface area contributed by atoms with Gasteiger partial charge in [0, 0.05) is 16.7 Å². The first-order valence-corrected chi connectivity index (χ1v) is 6.45. The number of nitrogens with zero attached hydrogens (tertiary/aromatic N) is 1. The van der Waals surface area contributed by atoms with Crippen LogP contribution in [0.15, 0.2) is 58.3 Å². The number of benzene rings is 2. The van der Waals surface area contributed by atoms with Crippen LogP contribution in [-0.2, 0) is 4.79 Å². The summed E-state index contributed by atoms with van der Waals surface area (Å²) in [5, 5.41) is 8.72. The van der Waals surface area contributed by atoms with Crippen LogP contribution in [-0.4, -0.2) is 5.97 Å². The van der Waals surface area contributed by atoms with Crippen molar-refractivity contribution in [1.29, 1.82) is 5.26 Å². The first kappa shape index (κ1) is 13.2. The summed E-state index contributed by atoms with van der Waals surface area (Å²) >= 11 is 1.58. The molecular weight excluding hydrogens is 258 g/mol. The first-order valence-electron chi connectivity index (χ1n) is 5.64. The van der Waals surface area contributed by atoms with Crippen molar-refractivity contribution in [2.75, 3.05) is 0 Å². The van der Waals surface area contributed by atoms with Crippen LogP contribution in [0.1, 0.15) is 12.5 Å². The molecule has 0 radical (unpaired) electrons. The quantitative estimate of drug-likeness (QED) is 0.630. The van der Waals surface area contributed by atoms with Crippen LogP contribution in [0.3, 0.4) is 0 Å². The van der Waals surface area contributed by atoms with Gasteiger partial charge in [-0.3, -0.25) is 4.79 Å². The number of nitriles is 1. The molecule has 0 aliphatic heterocycles. The molecule has 0 bridgehead atoms. The SMILES string of the molecule is CC(=O)Oc1ccc(Sc2ccc(C#N)cc2)cc1. The van der Waals surface area contributed by atoms with Gasteiger partial charge in [0.05, 0.1) is 11.6 Å². The second kappa shape index (κ2) is 6.07. The van der Waals surface area contributed by atoms with Gasteiger partial charge < -0.3 is 4.74 Å². The molecule has 3 nitrogen and oxygen atoms in total. The van der Waals surface area contributed by atoms with Crippen molar-refractivity contribution < 1.29 is 9.53 Å². The van der Waals surface area contributed by atoms with E-state index in [1.807, 2.05) is 24.3 Å². The Labute approximate surface area is 115 Å². The standard InChI is InChI=1S/C15H11NO2S/c1-11(17)18-13-4-8-15(9-5-13)19-14-6-2-12(10-16)3-7-14/h2-9H,1H3. The van der Waals surface area contributed by atoms with Crippen molar-refractivity contribution in [2.45, 2.75) is 16.7 Å². The molecule has 0 atom stereocenters. The van der Waals surface area contributed by atoms with Gasteiger partial charge in [0.15, 0.2) is 0 Å². The molecule has 0 amide bonds. The van der Waals surface area contributed by atoms with Gasteiger partial charge in [-0.1, -0.05) is 11.8 Å². The van der Waals surface area contributed by atoms with E-state index >= 15 is 0 Å². The summed E-state index contributed by atoms with van der Waals surface area (Å²) in [7, 11) is 0. The Morgan fingerprint density at radius 2 is 1.58 bits per heavy atom. The molecule has 0 saturated carbocycles. The lowest BCUT2D eigenvalue weighted by molar-refractivity contribution is -0.131. The first-order chi connectivity index (χ1) is 9.17. The lowest BCUT2D eigenvalue weighted by Gasteiger charge is -2.04. The molecule has 2 rings (SSSR count). The van der Waals surface area contributed by atoms with Gasteiger partial charge >= 0.3 is 5.97 Å². The molecule has 0 unspecified atom stereocenters. The van der Waals surface area contributed by atoms with Crippen LogP contribution in [0.4, 0.5) is 0 Å². The Kier molecular flexibility index (Phi) is 4.22. The van der Waals surface area contributed by atoms with Crippen molar-refractivity contribution in [3.05, 3.63) is 54.1 Å². The Bertz CT molecular complexity index is 612. The van der Waals surface area contributed by atoms with E-state index in [1.54, 1.807) is 36.0 Å². The van der Waals surface area contributed by atoms with E-state index in [-0.39, 0.29) is 5.97 Å². The normalized spacial score (nSPS) is 9.68. The molecule has 0 saturated heterocycles. The highest BCUT2D eigenvalue weighted by Gasteiger charge is 2.00. The molecule has 0 fully saturated rings. The summed E-state index contributed by atoms with van der Waals surface area (Å²) in [4.78, 5) is 12.9. The van der Waals surface area contributed by atoms with Gasteiger partial charge in [-0.2, -0.15) is 5.26 Å². The fourth-order valence-electron chi connectivity index (χ4n) is 1.48. The van der Waals surface area contributed by atoms with Crippen molar-refractivity contribution >= 4 is 17.7 Å². The Balaban J connectivity index is 2.06. The summed E-state index contributed by atoms with van der Waals surface area (Å²) in [6.45, 7) is 1.37. The fourth-order valence-corrected chi connectivity index (χ4v) is 2.29. The van der Waals surface area contributed by atoms with Gasteiger partial charge in [0.1, 0.15) is 5.75 Å². The number of esters is 1. The van der Waals surface area contributed by atoms with Crippen LogP contribution >= 0.6 is 11.8 Å². The zero-order valence-corrected chi connectivity index (χ0v) is 11.1. The zero-order chi connectivity index (χ0) is 13.7. The smallest absolute Gasteiger partial charge is 0.308 e. The highest BCUT2D eigenvalue weighted by molar-refractivity contribution is 7.99. The molecule has 2 aromatic carbocycles. The van der Waals surface area contributed by atoms with Crippen molar-refractivity contribution in [2.24, 2.45) is 0 Å². The predicted octanol–water partition coefficient (Wildman–Crippen LogP) is 3.63. The van der Waals surface area contributed by atoms with Crippen LogP contribution < -0.4 is 4.74 Å². The van der Waals surface area contributed by atoms with Crippen LogP contribution in [0, 0.1) is 11.3 Å². The van der Waals surface area contributed by atoms with Crippen molar-refractivity contribution in [3.8, 4) is 11.8 Å². The fraction of sp³-hybridized carbons (Fsp3) is 0.0667. The monoisotopic (exact) mass is 269 g/mol. The third-order valence-electron chi connectivity index (χ3n) is 2.30. The summed E-state index contributed by atoms with van der Waals surface area (Å²) in [5.41, 5.74) is 0.648. The molecule has 19 heavy (non-hydrogen) atoms. The molecule has 0 heterocycles. The third-order valence-corrected chi connectivity index (χ3v) is 3.32. The lowest BCUT2D eigenvalue weighted by atomic mass is 10.2. The van der Waals surface area contributed by atoms with E-state index in [2.05, 4.69) is 6.07 Å². The number of rotatable bonds is 3. The summed E-state index contributed by atoms with van der Waals surface area (Å²) in [6.07, 6.45) is 0. The molecule has 4 heteroatoms. The second-order valence-corrected chi connectivity index (χ2v) is 4.95. The average Bonchev–Trinajstić information content (AvgIpc) is 2.41. The molecule has 0 aromatic heterocycles. The number of ether oxygens (including phenoxy) is 1. The van der Waals surface area contributed by atoms with E-state index in [1.165, 1.54) is 6.92 Å². The maximum atomic E-state index is 10.8. The molecule has 0 aliphatic carbocycles. The minimum absolute atomic E-state index is 0.326. The van der Waals surface area contributed by atoms with E-state index < -0.39 is 0 Å². The third kappa shape index (κ3) is 3.87. The van der Waals surface area contributed by atoms with Gasteiger partial charge in [-0.05, 0) is 48.5 Å². The zero-order valence-electron chi connectivity index (χ0n) is 10.3. The predicted molar refractivity (Wildman–Crippen MR) is 73.0 cm³/mol. The summed E-state index contributed by atoms with van der Waals surface area (Å²) in [5.74, 6) is 0.212. The molecule has 0 N–H and O–H groups in total. The van der Waals surface area contributed by atoms with Gasteiger partial charge in [0.25, 0.3) is 0 Å². The molecule has 0 spiro atoms. The Hall–Kier alpha value is -2.25. The summed E-state index contributed by atoms with van der Waals surface area (Å²) < 4.78 is 4.97. The largest absolute Gasteiger partial charge is 0.427 e. The highest BCUT2D eigenvalue weighted by atomic mass is 32.2. The molecule has 0 aliphatic rings. The molecular formula is C15H11NO2S. The second-order valence-electron chi connectivity index (χ2n) is 3.80.